The highest BCUT2D eigenvalue weighted by Crippen LogP contribution is 2.09. The average molecular weight is 297 g/mol. The van der Waals surface area contributed by atoms with Gasteiger partial charge in [0.15, 0.2) is 5.78 Å². The third-order valence-corrected chi connectivity index (χ3v) is 3.35. The third kappa shape index (κ3) is 4.53. The van der Waals surface area contributed by atoms with Crippen molar-refractivity contribution in [1.82, 2.24) is 4.90 Å². The van der Waals surface area contributed by atoms with Gasteiger partial charge in [-0.3, -0.25) is 9.59 Å². The summed E-state index contributed by atoms with van der Waals surface area (Å²) in [7, 11) is 0. The fraction of sp³-hybridized carbons (Fsp3) is 0.222. The van der Waals surface area contributed by atoms with Crippen molar-refractivity contribution in [3.63, 3.8) is 0 Å². The highest BCUT2D eigenvalue weighted by Gasteiger charge is 2.18. The predicted molar refractivity (Wildman–Crippen MR) is 84.3 cm³/mol. The maximum absolute atomic E-state index is 12.3. The molecule has 0 bridgehead atoms. The molecule has 0 atom stereocenters. The molecule has 4 heteroatoms. The van der Waals surface area contributed by atoms with Gasteiger partial charge >= 0.3 is 0 Å². The molecule has 0 aliphatic carbocycles. The summed E-state index contributed by atoms with van der Waals surface area (Å²) in [6, 6.07) is 18.3. The summed E-state index contributed by atoms with van der Waals surface area (Å²) >= 11 is 0. The van der Waals surface area contributed by atoms with Gasteiger partial charge in [0.1, 0.15) is 0 Å². The highest BCUT2D eigenvalue weighted by atomic mass is 16.3. The van der Waals surface area contributed by atoms with Gasteiger partial charge in [-0.15, -0.1) is 0 Å². The van der Waals surface area contributed by atoms with E-state index in [1.807, 2.05) is 36.4 Å². The van der Waals surface area contributed by atoms with E-state index in [4.69, 9.17) is 5.11 Å². The minimum Gasteiger partial charge on any atom is -0.395 e. The predicted octanol–water partition coefficient (Wildman–Crippen LogP) is 2.28. The van der Waals surface area contributed by atoms with E-state index in [0.29, 0.717) is 12.1 Å². The SMILES string of the molecule is O=C(CC(=O)N(CCO)Cc1ccccc1)c1ccccc1. The van der Waals surface area contributed by atoms with Crippen LogP contribution in [0.15, 0.2) is 60.7 Å². The molecule has 0 radical (unpaired) electrons. The first-order chi connectivity index (χ1) is 10.7. The zero-order chi connectivity index (χ0) is 15.8. The second-order valence-electron chi connectivity index (χ2n) is 4.99. The van der Waals surface area contributed by atoms with E-state index in [0.717, 1.165) is 5.56 Å². The number of carbonyl (C=O) groups excluding carboxylic acids is 2. The van der Waals surface area contributed by atoms with Gasteiger partial charge in [0.25, 0.3) is 0 Å². The number of ketones is 1. The Hall–Kier alpha value is -2.46. The van der Waals surface area contributed by atoms with Crippen LogP contribution in [0.5, 0.6) is 0 Å². The topological polar surface area (TPSA) is 57.6 Å². The number of Topliss-reactive ketones (excluding diaryl/α,β-unsaturated/α-hetero) is 1. The second kappa shape index (κ2) is 8.10. The van der Waals surface area contributed by atoms with E-state index in [2.05, 4.69) is 0 Å². The van der Waals surface area contributed by atoms with Crippen LogP contribution in [-0.4, -0.2) is 34.8 Å². The molecule has 1 amide bonds. The molecule has 2 aromatic rings. The summed E-state index contributed by atoms with van der Waals surface area (Å²) in [5, 5.41) is 9.14. The van der Waals surface area contributed by atoms with Crippen molar-refractivity contribution >= 4 is 11.7 Å². The van der Waals surface area contributed by atoms with E-state index in [1.165, 1.54) is 4.90 Å². The molecule has 0 aromatic heterocycles. The summed E-state index contributed by atoms with van der Waals surface area (Å²) in [5.41, 5.74) is 1.50. The Balaban J connectivity index is 2.02. The summed E-state index contributed by atoms with van der Waals surface area (Å²) in [5.74, 6) is -0.478. The second-order valence-corrected chi connectivity index (χ2v) is 4.99. The largest absolute Gasteiger partial charge is 0.395 e. The molecule has 0 aliphatic heterocycles. The van der Waals surface area contributed by atoms with Gasteiger partial charge in [-0.2, -0.15) is 0 Å². The quantitative estimate of drug-likeness (QED) is 0.630. The smallest absolute Gasteiger partial charge is 0.230 e. The number of rotatable bonds is 7. The fourth-order valence-corrected chi connectivity index (χ4v) is 2.19. The number of carbonyl (C=O) groups is 2. The van der Waals surface area contributed by atoms with Gasteiger partial charge in [-0.25, -0.2) is 0 Å². The minimum absolute atomic E-state index is 0.127. The van der Waals surface area contributed by atoms with E-state index < -0.39 is 0 Å². The van der Waals surface area contributed by atoms with E-state index >= 15 is 0 Å². The van der Waals surface area contributed by atoms with Crippen LogP contribution in [-0.2, 0) is 11.3 Å². The number of hydrogen-bond acceptors (Lipinski definition) is 3. The van der Waals surface area contributed by atoms with Crippen LogP contribution >= 0.6 is 0 Å². The summed E-state index contributed by atoms with van der Waals surface area (Å²) in [6.07, 6.45) is -0.184. The third-order valence-electron chi connectivity index (χ3n) is 3.35. The summed E-state index contributed by atoms with van der Waals surface area (Å²) in [4.78, 5) is 25.9. The van der Waals surface area contributed by atoms with Crippen LogP contribution in [0, 0.1) is 0 Å². The maximum Gasteiger partial charge on any atom is 0.230 e. The molecule has 0 heterocycles. The monoisotopic (exact) mass is 297 g/mol. The van der Waals surface area contributed by atoms with Crippen molar-refractivity contribution in [2.45, 2.75) is 13.0 Å². The lowest BCUT2D eigenvalue weighted by Gasteiger charge is -2.21. The Morgan fingerprint density at radius 1 is 0.909 bits per heavy atom. The molecule has 1 N–H and O–H groups in total. The molecule has 0 saturated carbocycles. The Morgan fingerprint density at radius 2 is 1.50 bits per heavy atom. The molecule has 0 spiro atoms. The van der Waals surface area contributed by atoms with Crippen molar-refractivity contribution in [2.24, 2.45) is 0 Å². The number of aliphatic hydroxyl groups excluding tert-OH is 1. The number of aliphatic hydroxyl groups is 1. The van der Waals surface area contributed by atoms with Crippen LogP contribution in [0.2, 0.25) is 0 Å². The maximum atomic E-state index is 12.3. The van der Waals surface area contributed by atoms with Crippen molar-refractivity contribution < 1.29 is 14.7 Å². The first-order valence-corrected chi connectivity index (χ1v) is 7.21. The number of benzene rings is 2. The molecule has 4 nitrogen and oxygen atoms in total. The Kier molecular flexibility index (Phi) is 5.86. The van der Waals surface area contributed by atoms with E-state index in [9.17, 15) is 9.59 Å². The first-order valence-electron chi connectivity index (χ1n) is 7.21. The molecule has 0 aliphatic rings. The highest BCUT2D eigenvalue weighted by molar-refractivity contribution is 6.07. The lowest BCUT2D eigenvalue weighted by molar-refractivity contribution is -0.131. The van der Waals surface area contributed by atoms with E-state index in [1.54, 1.807) is 24.3 Å². The van der Waals surface area contributed by atoms with Crippen LogP contribution in [0.1, 0.15) is 22.3 Å². The van der Waals surface area contributed by atoms with Gasteiger partial charge in [0.05, 0.1) is 13.0 Å². The molecule has 0 fully saturated rings. The molecule has 0 unspecified atom stereocenters. The molecule has 22 heavy (non-hydrogen) atoms. The first kappa shape index (κ1) is 15.9. The van der Waals surface area contributed by atoms with Crippen molar-refractivity contribution in [3.8, 4) is 0 Å². The molecule has 114 valence electrons. The number of hydrogen-bond donors (Lipinski definition) is 1. The summed E-state index contributed by atoms with van der Waals surface area (Å²) in [6.45, 7) is 0.482. The molecule has 2 rings (SSSR count). The van der Waals surface area contributed by atoms with Gasteiger partial charge in [0, 0.05) is 18.7 Å². The van der Waals surface area contributed by atoms with Gasteiger partial charge in [-0.1, -0.05) is 60.7 Å². The average Bonchev–Trinajstić information content (AvgIpc) is 2.56. The van der Waals surface area contributed by atoms with Crippen LogP contribution in [0.4, 0.5) is 0 Å². The Bertz CT molecular complexity index is 611. The van der Waals surface area contributed by atoms with Crippen LogP contribution in [0.25, 0.3) is 0 Å². The van der Waals surface area contributed by atoms with Crippen molar-refractivity contribution in [3.05, 3.63) is 71.8 Å². The van der Waals surface area contributed by atoms with Gasteiger partial charge < -0.3 is 10.0 Å². The zero-order valence-electron chi connectivity index (χ0n) is 12.3. The molecular formula is C18H19NO3. The zero-order valence-corrected chi connectivity index (χ0v) is 12.3. The van der Waals surface area contributed by atoms with Crippen molar-refractivity contribution in [1.29, 1.82) is 0 Å². The standard InChI is InChI=1S/C18H19NO3/c20-12-11-19(14-15-7-3-1-4-8-15)18(22)13-17(21)16-9-5-2-6-10-16/h1-10,20H,11-14H2. The number of amides is 1. The van der Waals surface area contributed by atoms with Crippen molar-refractivity contribution in [2.75, 3.05) is 13.2 Å². The lowest BCUT2D eigenvalue weighted by atomic mass is 10.1. The molecule has 0 saturated heterocycles. The lowest BCUT2D eigenvalue weighted by Crippen LogP contribution is -2.34. The Morgan fingerprint density at radius 3 is 2.09 bits per heavy atom. The van der Waals surface area contributed by atoms with Crippen LogP contribution < -0.4 is 0 Å². The number of nitrogens with zero attached hydrogens (tertiary/aromatic N) is 1. The fourth-order valence-electron chi connectivity index (χ4n) is 2.19. The van der Waals surface area contributed by atoms with Crippen LogP contribution in [0.3, 0.4) is 0 Å². The normalized spacial score (nSPS) is 10.2. The van der Waals surface area contributed by atoms with Gasteiger partial charge in [0.2, 0.25) is 5.91 Å². The Labute approximate surface area is 130 Å². The summed E-state index contributed by atoms with van der Waals surface area (Å²) < 4.78 is 0. The molecule has 2 aromatic carbocycles. The minimum atomic E-state index is -0.272. The molecular weight excluding hydrogens is 278 g/mol. The van der Waals surface area contributed by atoms with E-state index in [-0.39, 0.29) is 31.3 Å². The van der Waals surface area contributed by atoms with Gasteiger partial charge in [-0.05, 0) is 5.56 Å².